The number of nitrogens with one attached hydrogen (secondary N) is 1. The Hall–Kier alpha value is -0.860. The molecule has 15 heavy (non-hydrogen) atoms. The van der Waals surface area contributed by atoms with Crippen LogP contribution in [-0.2, 0) is 13.0 Å². The molecule has 2 heteroatoms. The molecule has 1 heterocycles. The van der Waals surface area contributed by atoms with Gasteiger partial charge < -0.3 is 5.32 Å². The molecule has 0 amide bonds. The molecule has 0 aromatic heterocycles. The van der Waals surface area contributed by atoms with Crippen molar-refractivity contribution in [1.82, 2.24) is 10.2 Å². The lowest BCUT2D eigenvalue weighted by molar-refractivity contribution is 0.173. The van der Waals surface area contributed by atoms with Crippen LogP contribution in [0, 0.1) is 0 Å². The van der Waals surface area contributed by atoms with E-state index >= 15 is 0 Å². The molecule has 82 valence electrons. The maximum Gasteiger partial charge on any atom is 0.0345 e. The predicted octanol–water partition coefficient (Wildman–Crippen LogP) is 1.65. The van der Waals surface area contributed by atoms with Crippen molar-refractivity contribution >= 4 is 0 Å². The Morgan fingerprint density at radius 3 is 2.27 bits per heavy atom. The maximum absolute atomic E-state index is 3.30. The zero-order valence-electron chi connectivity index (χ0n) is 9.66. The average Bonchev–Trinajstić information content (AvgIpc) is 2.16. The van der Waals surface area contributed by atoms with Crippen molar-refractivity contribution in [3.8, 4) is 0 Å². The minimum absolute atomic E-state index is 0.732. The molecule has 1 aliphatic heterocycles. The number of rotatable bonds is 4. The Balaban J connectivity index is 1.91. The number of hydrogen-bond acceptors (Lipinski definition) is 2. The molecule has 0 saturated carbocycles. The highest BCUT2D eigenvalue weighted by atomic mass is 15.2. The third-order valence-electron chi connectivity index (χ3n) is 3.25. The highest BCUT2D eigenvalue weighted by Crippen LogP contribution is 2.10. The van der Waals surface area contributed by atoms with Crippen LogP contribution in [0.5, 0.6) is 0 Å². The van der Waals surface area contributed by atoms with Gasteiger partial charge in [0.15, 0.2) is 0 Å². The molecule has 1 aliphatic rings. The molecule has 0 aliphatic carbocycles. The number of benzene rings is 1. The summed E-state index contributed by atoms with van der Waals surface area (Å²) in [5, 5.41) is 3.30. The van der Waals surface area contributed by atoms with Crippen molar-refractivity contribution in [1.29, 1.82) is 0 Å². The van der Waals surface area contributed by atoms with Crippen LogP contribution >= 0.6 is 0 Å². The van der Waals surface area contributed by atoms with Gasteiger partial charge in [-0.15, -0.1) is 0 Å². The van der Waals surface area contributed by atoms with E-state index in [4.69, 9.17) is 0 Å². The molecular weight excluding hydrogens is 184 g/mol. The van der Waals surface area contributed by atoms with Gasteiger partial charge in [0.05, 0.1) is 0 Å². The fourth-order valence-electron chi connectivity index (χ4n) is 1.88. The van der Waals surface area contributed by atoms with Crippen LogP contribution in [-0.4, -0.2) is 31.1 Å². The van der Waals surface area contributed by atoms with Crippen LogP contribution in [0.2, 0.25) is 0 Å². The summed E-state index contributed by atoms with van der Waals surface area (Å²) in [6, 6.07) is 9.71. The molecule has 1 saturated heterocycles. The monoisotopic (exact) mass is 204 g/mol. The van der Waals surface area contributed by atoms with E-state index < -0.39 is 0 Å². The quantitative estimate of drug-likeness (QED) is 0.802. The molecule has 2 rings (SSSR count). The van der Waals surface area contributed by atoms with Gasteiger partial charge in [-0.3, -0.25) is 4.90 Å². The summed E-state index contributed by atoms with van der Waals surface area (Å²) in [5.41, 5.74) is 2.84. The Bertz CT molecular complexity index is 301. The van der Waals surface area contributed by atoms with E-state index in [0.29, 0.717) is 0 Å². The third-order valence-corrected chi connectivity index (χ3v) is 3.25. The SMILES string of the molecule is CCc1ccc(CN(C)C2CNC2)cc1. The lowest BCUT2D eigenvalue weighted by Crippen LogP contribution is -2.55. The van der Waals surface area contributed by atoms with E-state index in [0.717, 1.165) is 32.1 Å². The van der Waals surface area contributed by atoms with E-state index in [1.165, 1.54) is 11.1 Å². The van der Waals surface area contributed by atoms with Gasteiger partial charge in [0.2, 0.25) is 0 Å². The smallest absolute Gasteiger partial charge is 0.0345 e. The van der Waals surface area contributed by atoms with E-state index in [9.17, 15) is 0 Å². The minimum Gasteiger partial charge on any atom is -0.314 e. The van der Waals surface area contributed by atoms with Crippen LogP contribution in [0.25, 0.3) is 0 Å². The topological polar surface area (TPSA) is 15.3 Å². The van der Waals surface area contributed by atoms with Gasteiger partial charge in [-0.25, -0.2) is 0 Å². The largest absolute Gasteiger partial charge is 0.314 e. The molecule has 1 aromatic carbocycles. The fraction of sp³-hybridized carbons (Fsp3) is 0.538. The van der Waals surface area contributed by atoms with Crippen LogP contribution in [0.15, 0.2) is 24.3 Å². The normalized spacial score (nSPS) is 16.7. The summed E-state index contributed by atoms with van der Waals surface area (Å²) in [5.74, 6) is 0. The third kappa shape index (κ3) is 2.58. The van der Waals surface area contributed by atoms with Gasteiger partial charge in [-0.2, -0.15) is 0 Å². The second kappa shape index (κ2) is 4.77. The van der Waals surface area contributed by atoms with E-state index in [-0.39, 0.29) is 0 Å². The molecule has 0 unspecified atom stereocenters. The molecular formula is C13H20N2. The molecule has 0 radical (unpaired) electrons. The molecule has 1 fully saturated rings. The number of hydrogen-bond donors (Lipinski definition) is 1. The van der Waals surface area contributed by atoms with Crippen molar-refractivity contribution in [2.24, 2.45) is 0 Å². The van der Waals surface area contributed by atoms with E-state index in [2.05, 4.69) is 48.5 Å². The summed E-state index contributed by atoms with van der Waals surface area (Å²) >= 11 is 0. The van der Waals surface area contributed by atoms with Crippen LogP contribution < -0.4 is 5.32 Å². The summed E-state index contributed by atoms with van der Waals surface area (Å²) in [4.78, 5) is 2.43. The zero-order valence-corrected chi connectivity index (χ0v) is 9.66. The zero-order chi connectivity index (χ0) is 10.7. The van der Waals surface area contributed by atoms with Crippen LogP contribution in [0.3, 0.4) is 0 Å². The van der Waals surface area contributed by atoms with E-state index in [1.807, 2.05) is 0 Å². The first-order valence-electron chi connectivity index (χ1n) is 5.78. The molecule has 2 nitrogen and oxygen atoms in total. The first kappa shape index (κ1) is 10.7. The van der Waals surface area contributed by atoms with Crippen molar-refractivity contribution in [3.63, 3.8) is 0 Å². The van der Waals surface area contributed by atoms with Gasteiger partial charge in [-0.05, 0) is 24.6 Å². The lowest BCUT2D eigenvalue weighted by atomic mass is 10.1. The Labute approximate surface area is 92.3 Å². The first-order chi connectivity index (χ1) is 7.29. The van der Waals surface area contributed by atoms with Crippen molar-refractivity contribution in [2.45, 2.75) is 25.9 Å². The lowest BCUT2D eigenvalue weighted by Gasteiger charge is -2.35. The summed E-state index contributed by atoms with van der Waals surface area (Å²) < 4.78 is 0. The molecule has 0 atom stereocenters. The molecule has 1 N–H and O–H groups in total. The minimum atomic E-state index is 0.732. The highest BCUT2D eigenvalue weighted by Gasteiger charge is 2.20. The molecule has 0 spiro atoms. The number of nitrogens with zero attached hydrogens (tertiary/aromatic N) is 1. The Morgan fingerprint density at radius 1 is 1.20 bits per heavy atom. The van der Waals surface area contributed by atoms with Crippen molar-refractivity contribution in [2.75, 3.05) is 20.1 Å². The standard InChI is InChI=1S/C13H20N2/c1-3-11-4-6-12(7-5-11)10-15(2)13-8-14-9-13/h4-7,13-14H,3,8-10H2,1-2H3. The van der Waals surface area contributed by atoms with Gasteiger partial charge in [0.1, 0.15) is 0 Å². The molecule has 0 bridgehead atoms. The van der Waals surface area contributed by atoms with Crippen LogP contribution in [0.1, 0.15) is 18.1 Å². The summed E-state index contributed by atoms with van der Waals surface area (Å²) in [6.45, 7) is 5.55. The van der Waals surface area contributed by atoms with Crippen LogP contribution in [0.4, 0.5) is 0 Å². The highest BCUT2D eigenvalue weighted by molar-refractivity contribution is 5.22. The number of likely N-dealkylation sites (N-methyl/N-ethyl adjacent to an activating group) is 1. The Morgan fingerprint density at radius 2 is 1.80 bits per heavy atom. The molecule has 1 aromatic rings. The van der Waals surface area contributed by atoms with E-state index in [1.54, 1.807) is 0 Å². The first-order valence-corrected chi connectivity index (χ1v) is 5.78. The summed E-state index contributed by atoms with van der Waals surface area (Å²) in [6.07, 6.45) is 1.13. The summed E-state index contributed by atoms with van der Waals surface area (Å²) in [7, 11) is 2.21. The predicted molar refractivity (Wildman–Crippen MR) is 63.9 cm³/mol. The number of aryl methyl sites for hydroxylation is 1. The van der Waals surface area contributed by atoms with Gasteiger partial charge in [0.25, 0.3) is 0 Å². The van der Waals surface area contributed by atoms with Gasteiger partial charge in [-0.1, -0.05) is 31.2 Å². The average molecular weight is 204 g/mol. The second-order valence-corrected chi connectivity index (χ2v) is 4.40. The van der Waals surface area contributed by atoms with Crippen molar-refractivity contribution in [3.05, 3.63) is 35.4 Å². The van der Waals surface area contributed by atoms with Crippen molar-refractivity contribution < 1.29 is 0 Å². The van der Waals surface area contributed by atoms with Gasteiger partial charge >= 0.3 is 0 Å². The Kier molecular flexibility index (Phi) is 3.39. The van der Waals surface area contributed by atoms with Gasteiger partial charge in [0, 0.05) is 25.7 Å². The maximum atomic E-state index is 3.30. The second-order valence-electron chi connectivity index (χ2n) is 4.40. The fourth-order valence-corrected chi connectivity index (χ4v) is 1.88.